The van der Waals surface area contributed by atoms with Gasteiger partial charge in [0.25, 0.3) is 0 Å². The summed E-state index contributed by atoms with van der Waals surface area (Å²) in [4.78, 5) is 11.3. The minimum absolute atomic E-state index is 0.0606. The predicted octanol–water partition coefficient (Wildman–Crippen LogP) is 4.79. The maximum atomic E-state index is 14.2. The fourth-order valence-electron chi connectivity index (χ4n) is 3.55. The number of H-pyrrole nitrogens is 1. The SMILES string of the molecule is [2H]c1c([2H])c(-n2c(C(C)C)c([13CH2][13CH2][13C](=O)O)c3cc4[nH]ncc4cc32)c([2H])c([2H])c1F. The molecular formula is C21H20FN3O2. The standard InChI is InChI=1S/C21H20FN3O2/c1-12(2)21-16(7-8-20(26)27)17-10-18-13(11-23-24-18)9-19(17)25(21)15-5-3-14(22)4-6-15/h3-6,9-12H,7-8H2,1-2H3,(H,23,24)(H,26,27)/i3D,4D,5D,6D,7+1,8+1,20+1. The molecule has 5 nitrogen and oxygen atoms in total. The molecule has 4 rings (SSSR count). The van der Waals surface area contributed by atoms with E-state index in [-0.39, 0.29) is 24.4 Å². The van der Waals surface area contributed by atoms with Gasteiger partial charge in [-0.3, -0.25) is 9.89 Å². The molecule has 2 N–H and O–H groups in total. The van der Waals surface area contributed by atoms with Gasteiger partial charge in [-0.15, -0.1) is 0 Å². The Morgan fingerprint density at radius 2 is 2.07 bits per heavy atom. The zero-order valence-electron chi connectivity index (χ0n) is 18.9. The summed E-state index contributed by atoms with van der Waals surface area (Å²) in [6.45, 7) is 3.81. The first-order valence-electron chi connectivity index (χ1n) is 10.6. The highest BCUT2D eigenvalue weighted by atomic mass is 19.1. The zero-order valence-corrected chi connectivity index (χ0v) is 14.9. The van der Waals surface area contributed by atoms with Gasteiger partial charge >= 0.3 is 5.97 Å². The van der Waals surface area contributed by atoms with E-state index in [0.717, 1.165) is 21.9 Å². The van der Waals surface area contributed by atoms with Crippen molar-refractivity contribution in [1.82, 2.24) is 14.8 Å². The van der Waals surface area contributed by atoms with Crippen molar-refractivity contribution in [3.05, 3.63) is 59.6 Å². The van der Waals surface area contributed by atoms with E-state index in [2.05, 4.69) is 10.2 Å². The number of hydrogen-bond acceptors (Lipinski definition) is 2. The van der Waals surface area contributed by atoms with Gasteiger partial charge in [-0.05, 0) is 54.2 Å². The minimum Gasteiger partial charge on any atom is -0.481 e. The number of rotatable bonds is 5. The monoisotopic (exact) mass is 372 g/mol. The van der Waals surface area contributed by atoms with E-state index in [1.54, 1.807) is 16.8 Å². The van der Waals surface area contributed by atoms with Crippen molar-refractivity contribution < 1.29 is 19.8 Å². The first-order chi connectivity index (χ1) is 14.6. The third-order valence-corrected chi connectivity index (χ3v) is 4.61. The number of aromatic nitrogens is 3. The van der Waals surface area contributed by atoms with Crippen LogP contribution >= 0.6 is 0 Å². The van der Waals surface area contributed by atoms with E-state index in [1.165, 1.54) is 0 Å². The number of fused-ring (bicyclic) bond motifs is 2. The number of aliphatic carboxylic acids is 1. The molecule has 2 heterocycles. The number of carboxylic acid groups (broad SMARTS) is 1. The number of halogens is 1. The molecule has 0 radical (unpaired) electrons. The fraction of sp³-hybridized carbons (Fsp3) is 0.238. The van der Waals surface area contributed by atoms with Crippen LogP contribution in [0, 0.1) is 5.82 Å². The number of benzene rings is 2. The van der Waals surface area contributed by atoms with Gasteiger partial charge in [0.1, 0.15) is 5.82 Å². The largest absolute Gasteiger partial charge is 0.481 e. The fourth-order valence-corrected chi connectivity index (χ4v) is 3.55. The maximum Gasteiger partial charge on any atom is 0.303 e. The van der Waals surface area contributed by atoms with Crippen molar-refractivity contribution in [3.8, 4) is 5.69 Å². The van der Waals surface area contributed by atoms with Crippen molar-refractivity contribution in [3.63, 3.8) is 0 Å². The molecule has 0 amide bonds. The highest BCUT2D eigenvalue weighted by Gasteiger charge is 2.22. The third-order valence-electron chi connectivity index (χ3n) is 4.61. The number of nitrogens with one attached hydrogen (secondary N) is 1. The molecule has 0 saturated carbocycles. The van der Waals surface area contributed by atoms with Crippen molar-refractivity contribution in [1.29, 1.82) is 0 Å². The molecule has 2 aromatic carbocycles. The molecule has 4 aromatic rings. The van der Waals surface area contributed by atoms with Gasteiger partial charge in [0.05, 0.1) is 22.7 Å². The number of aryl methyl sites for hydroxylation is 1. The first kappa shape index (κ1) is 13.1. The van der Waals surface area contributed by atoms with E-state index >= 15 is 0 Å². The Hall–Kier alpha value is -3.15. The van der Waals surface area contributed by atoms with Crippen LogP contribution in [0.5, 0.6) is 0 Å². The lowest BCUT2D eigenvalue weighted by Crippen LogP contribution is -2.06. The average molecular weight is 372 g/mol. The molecule has 0 saturated heterocycles. The van der Waals surface area contributed by atoms with E-state index in [4.69, 9.17) is 5.48 Å². The van der Waals surface area contributed by atoms with Crippen molar-refractivity contribution in [2.45, 2.75) is 32.6 Å². The summed E-state index contributed by atoms with van der Waals surface area (Å²) in [7, 11) is 0. The van der Waals surface area contributed by atoms with Crippen LogP contribution in [-0.2, 0) is 11.2 Å². The van der Waals surface area contributed by atoms with E-state index in [1.807, 2.05) is 19.9 Å². The van der Waals surface area contributed by atoms with E-state index < -0.39 is 36.0 Å². The zero-order chi connectivity index (χ0) is 22.6. The molecule has 0 bridgehead atoms. The van der Waals surface area contributed by atoms with Crippen LogP contribution in [0.25, 0.3) is 27.5 Å². The van der Waals surface area contributed by atoms with Gasteiger partial charge in [0.15, 0.2) is 0 Å². The molecule has 0 unspecified atom stereocenters. The molecule has 0 aliphatic rings. The lowest BCUT2D eigenvalue weighted by molar-refractivity contribution is -0.136. The summed E-state index contributed by atoms with van der Waals surface area (Å²) in [6, 6.07) is 1.17. The van der Waals surface area contributed by atoms with Gasteiger partial charge in [0, 0.05) is 28.6 Å². The molecule has 0 spiro atoms. The number of nitrogens with zero attached hydrogens (tertiary/aromatic N) is 2. The Bertz CT molecular complexity index is 1330. The van der Waals surface area contributed by atoms with Crippen molar-refractivity contribution >= 4 is 27.8 Å². The van der Waals surface area contributed by atoms with Crippen LogP contribution in [0.1, 0.15) is 42.9 Å². The summed E-state index contributed by atoms with van der Waals surface area (Å²) in [5.74, 6) is -2.30. The molecular weight excluding hydrogens is 348 g/mol. The topological polar surface area (TPSA) is 70.9 Å². The number of carboxylic acids is 1. The smallest absolute Gasteiger partial charge is 0.303 e. The van der Waals surface area contributed by atoms with Gasteiger partial charge in [-0.1, -0.05) is 13.8 Å². The van der Waals surface area contributed by atoms with Crippen LogP contribution in [0.2, 0.25) is 0 Å². The second kappa shape index (κ2) is 6.54. The second-order valence-corrected chi connectivity index (χ2v) is 6.74. The van der Waals surface area contributed by atoms with Gasteiger partial charge in [-0.2, -0.15) is 5.10 Å². The van der Waals surface area contributed by atoms with E-state index in [0.29, 0.717) is 11.2 Å². The Kier molecular flexibility index (Phi) is 3.17. The minimum atomic E-state index is -1.20. The molecule has 0 fully saturated rings. The Balaban J connectivity index is 2.19. The first-order valence-corrected chi connectivity index (χ1v) is 8.61. The Morgan fingerprint density at radius 1 is 1.33 bits per heavy atom. The van der Waals surface area contributed by atoms with Gasteiger partial charge in [0.2, 0.25) is 0 Å². The lowest BCUT2D eigenvalue weighted by Gasteiger charge is -2.15. The molecule has 27 heavy (non-hydrogen) atoms. The van der Waals surface area contributed by atoms with Crippen LogP contribution in [0.4, 0.5) is 4.39 Å². The van der Waals surface area contributed by atoms with Crippen molar-refractivity contribution in [2.75, 3.05) is 0 Å². The van der Waals surface area contributed by atoms with Gasteiger partial charge < -0.3 is 9.67 Å². The lowest BCUT2D eigenvalue weighted by atomic mass is 10.1. The van der Waals surface area contributed by atoms with Crippen LogP contribution in [0.15, 0.2) is 42.5 Å². The molecule has 6 heteroatoms. The summed E-state index contributed by atoms with van der Waals surface area (Å²) >= 11 is 0. The van der Waals surface area contributed by atoms with Crippen LogP contribution in [0.3, 0.4) is 0 Å². The van der Waals surface area contributed by atoms with Crippen LogP contribution in [-0.4, -0.2) is 25.8 Å². The average Bonchev–Trinajstić information content (AvgIpc) is 3.30. The summed E-state index contributed by atoms with van der Waals surface area (Å²) in [6.07, 6.45) is 1.73. The third kappa shape index (κ3) is 2.97. The Morgan fingerprint density at radius 3 is 2.74 bits per heavy atom. The summed E-state index contributed by atoms with van der Waals surface area (Å²) in [5, 5.41) is 17.7. The molecule has 138 valence electrons. The summed E-state index contributed by atoms with van der Waals surface area (Å²) in [5.41, 5.74) is 2.68. The quantitative estimate of drug-likeness (QED) is 0.495. The number of hydrogen-bond donors (Lipinski definition) is 2. The molecule has 0 atom stereocenters. The van der Waals surface area contributed by atoms with Crippen molar-refractivity contribution in [2.24, 2.45) is 0 Å². The van der Waals surface area contributed by atoms with Gasteiger partial charge in [-0.25, -0.2) is 4.39 Å². The molecule has 2 aromatic heterocycles. The number of carbonyl (C=O) groups is 1. The highest BCUT2D eigenvalue weighted by molar-refractivity contribution is 5.98. The maximum absolute atomic E-state index is 14.2. The second-order valence-electron chi connectivity index (χ2n) is 6.74. The van der Waals surface area contributed by atoms with Crippen LogP contribution < -0.4 is 0 Å². The molecule has 0 aliphatic heterocycles. The molecule has 0 aliphatic carbocycles. The summed E-state index contributed by atoms with van der Waals surface area (Å²) < 4.78 is 48.4. The number of aromatic amines is 1. The van der Waals surface area contributed by atoms with E-state index in [9.17, 15) is 14.3 Å². The predicted molar refractivity (Wildman–Crippen MR) is 103 cm³/mol. The highest BCUT2D eigenvalue weighted by Crippen LogP contribution is 2.36. The Labute approximate surface area is 161 Å². The normalized spacial score (nSPS) is 13.8.